The topological polar surface area (TPSA) is 56.8 Å². The van der Waals surface area contributed by atoms with Gasteiger partial charge in [0.15, 0.2) is 6.29 Å². The predicted octanol–water partition coefficient (Wildman–Crippen LogP) is -1.35. The van der Waals surface area contributed by atoms with Crippen LogP contribution in [0.15, 0.2) is 0 Å². The van der Waals surface area contributed by atoms with Crippen molar-refractivity contribution < 1.29 is 19.0 Å². The van der Waals surface area contributed by atoms with Crippen LogP contribution < -0.4 is 5.32 Å². The lowest BCUT2D eigenvalue weighted by Crippen LogP contribution is -2.45. The van der Waals surface area contributed by atoms with E-state index in [9.17, 15) is 4.79 Å². The van der Waals surface area contributed by atoms with Gasteiger partial charge in [-0.15, -0.1) is 0 Å². The van der Waals surface area contributed by atoms with E-state index in [0.29, 0.717) is 0 Å². The van der Waals surface area contributed by atoms with Gasteiger partial charge in [0, 0.05) is 24.5 Å². The van der Waals surface area contributed by atoms with Gasteiger partial charge in [0.2, 0.25) is 0 Å². The summed E-state index contributed by atoms with van der Waals surface area (Å²) in [6.07, 6.45) is -0.857. The monoisotopic (exact) mass is 193 g/mol. The lowest BCUT2D eigenvalue weighted by Gasteiger charge is -2.21. The first-order chi connectivity index (χ1) is 5.65. The second-order valence-electron chi connectivity index (χ2n) is 2.26. The van der Waals surface area contributed by atoms with Gasteiger partial charge in [0.25, 0.3) is 0 Å². The van der Waals surface area contributed by atoms with Crippen molar-refractivity contribution in [2.75, 3.05) is 21.3 Å². The Bertz CT molecular complexity index is 140. The van der Waals surface area contributed by atoms with Crippen molar-refractivity contribution in [2.45, 2.75) is 12.0 Å². The third-order valence-electron chi connectivity index (χ3n) is 1.40. The molecule has 72 valence electrons. The zero-order valence-corrected chi connectivity index (χ0v) is 9.79. The Morgan fingerprint density at radius 2 is 1.83 bits per heavy atom. The minimum Gasteiger partial charge on any atom is -0.453 e. The summed E-state index contributed by atoms with van der Waals surface area (Å²) >= 11 is 0. The van der Waals surface area contributed by atoms with E-state index in [0.717, 1.165) is 10.2 Å². The number of hydrogen-bond acceptors (Lipinski definition) is 4. The summed E-state index contributed by atoms with van der Waals surface area (Å²) in [5, 5.41) is 2.58. The molecule has 0 aromatic rings. The first-order valence-corrected chi connectivity index (χ1v) is 4.71. The standard InChI is InChI=1S/C6H15NO4Si/c1-9-5(10-2)4(12)7-6(8)11-3/h4-5H,1-3,12H3,(H,7,8). The number of carbonyl (C=O) groups excluding carboxylic acids is 1. The zero-order chi connectivity index (χ0) is 9.56. The Kier molecular flexibility index (Phi) is 5.69. The lowest BCUT2D eigenvalue weighted by molar-refractivity contribution is -0.106. The number of methoxy groups -OCH3 is 3. The van der Waals surface area contributed by atoms with E-state index in [-0.39, 0.29) is 5.67 Å². The van der Waals surface area contributed by atoms with Gasteiger partial charge in [-0.05, 0) is 0 Å². The van der Waals surface area contributed by atoms with Crippen LogP contribution in [-0.4, -0.2) is 49.6 Å². The van der Waals surface area contributed by atoms with E-state index in [1.165, 1.54) is 21.3 Å². The molecule has 1 atom stereocenters. The van der Waals surface area contributed by atoms with Crippen LogP contribution in [0, 0.1) is 0 Å². The molecule has 0 fully saturated rings. The number of alkyl carbamates (subject to hydrolysis) is 1. The Hall–Kier alpha value is -0.593. The Morgan fingerprint density at radius 1 is 1.33 bits per heavy atom. The van der Waals surface area contributed by atoms with Crippen LogP contribution in [0.3, 0.4) is 0 Å². The molecular formula is C6H15NO4Si. The third-order valence-corrected chi connectivity index (χ3v) is 2.24. The molecular weight excluding hydrogens is 178 g/mol. The molecule has 0 bridgehead atoms. The molecule has 5 nitrogen and oxygen atoms in total. The molecule has 12 heavy (non-hydrogen) atoms. The van der Waals surface area contributed by atoms with Crippen molar-refractivity contribution in [2.24, 2.45) is 0 Å². The number of nitrogens with one attached hydrogen (secondary N) is 1. The van der Waals surface area contributed by atoms with E-state index < -0.39 is 12.4 Å². The molecule has 0 saturated heterocycles. The molecule has 0 aromatic heterocycles. The summed E-state index contributed by atoms with van der Waals surface area (Å²) in [5.41, 5.74) is -0.104. The van der Waals surface area contributed by atoms with Crippen LogP contribution in [0.5, 0.6) is 0 Å². The summed E-state index contributed by atoms with van der Waals surface area (Å²) in [6, 6.07) is 0. The van der Waals surface area contributed by atoms with Crippen LogP contribution in [0.2, 0.25) is 0 Å². The molecule has 6 heteroatoms. The molecule has 0 radical (unpaired) electrons. The van der Waals surface area contributed by atoms with Crippen LogP contribution in [-0.2, 0) is 14.2 Å². The van der Waals surface area contributed by atoms with Gasteiger partial charge < -0.3 is 19.5 Å². The fourth-order valence-electron chi connectivity index (χ4n) is 0.817. The molecule has 1 amide bonds. The molecule has 0 spiro atoms. The summed E-state index contributed by atoms with van der Waals surface area (Å²) in [5.74, 6) is 0. The van der Waals surface area contributed by atoms with E-state index in [1.807, 2.05) is 0 Å². The highest BCUT2D eigenvalue weighted by molar-refractivity contribution is 6.13. The van der Waals surface area contributed by atoms with Crippen LogP contribution in [0.4, 0.5) is 4.79 Å². The average molecular weight is 193 g/mol. The highest BCUT2D eigenvalue weighted by atomic mass is 28.1. The maximum absolute atomic E-state index is 10.7. The third kappa shape index (κ3) is 3.70. The predicted molar refractivity (Wildman–Crippen MR) is 47.1 cm³/mol. The SMILES string of the molecule is COC(=O)NC([SiH3])C(OC)OC. The van der Waals surface area contributed by atoms with Crippen molar-refractivity contribution >= 4 is 16.3 Å². The van der Waals surface area contributed by atoms with Crippen molar-refractivity contribution in [3.63, 3.8) is 0 Å². The summed E-state index contributed by atoms with van der Waals surface area (Å²) in [6.45, 7) is 0. The number of amides is 1. The molecule has 0 aliphatic carbocycles. The molecule has 1 unspecified atom stereocenters. The van der Waals surface area contributed by atoms with Gasteiger partial charge in [0.05, 0.1) is 12.8 Å². The van der Waals surface area contributed by atoms with E-state index in [2.05, 4.69) is 10.1 Å². The van der Waals surface area contributed by atoms with E-state index in [1.54, 1.807) is 0 Å². The van der Waals surface area contributed by atoms with E-state index >= 15 is 0 Å². The fourth-order valence-corrected chi connectivity index (χ4v) is 1.60. The normalized spacial score (nSPS) is 13.0. The first kappa shape index (κ1) is 11.4. The number of carbonyl (C=O) groups is 1. The minimum atomic E-state index is -0.464. The zero-order valence-electron chi connectivity index (χ0n) is 7.79. The van der Waals surface area contributed by atoms with Crippen molar-refractivity contribution in [3.8, 4) is 0 Å². The van der Waals surface area contributed by atoms with Gasteiger partial charge in [-0.3, -0.25) is 0 Å². The Labute approximate surface area is 74.8 Å². The summed E-state index contributed by atoms with van der Waals surface area (Å²) in [7, 11) is 5.10. The van der Waals surface area contributed by atoms with Crippen molar-refractivity contribution in [1.82, 2.24) is 5.32 Å². The first-order valence-electron chi connectivity index (χ1n) is 3.55. The summed E-state index contributed by atoms with van der Waals surface area (Å²) < 4.78 is 14.3. The molecule has 0 rings (SSSR count). The molecule has 0 aromatic carbocycles. The van der Waals surface area contributed by atoms with Crippen molar-refractivity contribution in [3.05, 3.63) is 0 Å². The van der Waals surface area contributed by atoms with Gasteiger partial charge in [-0.25, -0.2) is 4.79 Å². The highest BCUT2D eigenvalue weighted by Gasteiger charge is 2.17. The Morgan fingerprint density at radius 3 is 2.17 bits per heavy atom. The molecule has 0 saturated carbocycles. The number of ether oxygens (including phenoxy) is 3. The van der Waals surface area contributed by atoms with Gasteiger partial charge in [-0.2, -0.15) is 0 Å². The number of rotatable bonds is 4. The van der Waals surface area contributed by atoms with Crippen LogP contribution >= 0.6 is 0 Å². The van der Waals surface area contributed by atoms with Crippen molar-refractivity contribution in [1.29, 1.82) is 0 Å². The quantitative estimate of drug-likeness (QED) is 0.443. The van der Waals surface area contributed by atoms with Gasteiger partial charge >= 0.3 is 6.09 Å². The smallest absolute Gasteiger partial charge is 0.406 e. The summed E-state index contributed by atoms with van der Waals surface area (Å²) in [4.78, 5) is 10.7. The largest absolute Gasteiger partial charge is 0.453 e. The van der Waals surface area contributed by atoms with Gasteiger partial charge in [0.1, 0.15) is 0 Å². The molecule has 0 heterocycles. The second-order valence-corrected chi connectivity index (χ2v) is 3.51. The van der Waals surface area contributed by atoms with Gasteiger partial charge in [-0.1, -0.05) is 0 Å². The maximum Gasteiger partial charge on any atom is 0.406 e. The Balaban J connectivity index is 3.83. The maximum atomic E-state index is 10.7. The molecule has 0 aliphatic heterocycles. The fraction of sp³-hybridized carbons (Fsp3) is 0.833. The van der Waals surface area contributed by atoms with Crippen LogP contribution in [0.25, 0.3) is 0 Å². The minimum absolute atomic E-state index is 0.104. The van der Waals surface area contributed by atoms with Crippen LogP contribution in [0.1, 0.15) is 0 Å². The highest BCUT2D eigenvalue weighted by Crippen LogP contribution is 1.95. The average Bonchev–Trinajstić information content (AvgIpc) is 2.06. The van der Waals surface area contributed by atoms with E-state index in [4.69, 9.17) is 9.47 Å². The second kappa shape index (κ2) is 5.98. The molecule has 0 aliphatic rings. The number of hydrogen-bond donors (Lipinski definition) is 1. The lowest BCUT2D eigenvalue weighted by atomic mass is 10.6. The molecule has 1 N–H and O–H groups in total.